The summed E-state index contributed by atoms with van der Waals surface area (Å²) in [6.07, 6.45) is -5.87. The van der Waals surface area contributed by atoms with E-state index in [2.05, 4.69) is 10.6 Å². The predicted octanol–water partition coefficient (Wildman–Crippen LogP) is 4.36. The number of benzene rings is 2. The number of nitrogens with one attached hydrogen (secondary N) is 2. The quantitative estimate of drug-likeness (QED) is 0.383. The molecule has 12 heteroatoms. The van der Waals surface area contributed by atoms with E-state index in [1.807, 2.05) is 48.5 Å². The molecular weight excluding hydrogens is 599 g/mol. The van der Waals surface area contributed by atoms with Gasteiger partial charge in [0.1, 0.15) is 43.2 Å². The molecule has 2 saturated heterocycles. The number of ether oxygens (including phenoxy) is 6. The summed E-state index contributed by atoms with van der Waals surface area (Å²) in [5.41, 5.74) is 3.35. The first kappa shape index (κ1) is 33.8. The largest absolute Gasteiger partial charge is 0.458 e. The molecule has 1 aliphatic carbocycles. The Morgan fingerprint density at radius 3 is 2.13 bits per heavy atom. The third-order valence-corrected chi connectivity index (χ3v) is 8.10. The average Bonchev–Trinajstić information content (AvgIpc) is 3.48. The van der Waals surface area contributed by atoms with Crippen molar-refractivity contribution in [3.05, 3.63) is 59.7 Å². The van der Waals surface area contributed by atoms with Gasteiger partial charge in [-0.15, -0.1) is 0 Å². The molecule has 0 unspecified atom stereocenters. The van der Waals surface area contributed by atoms with Crippen molar-refractivity contribution in [2.45, 2.75) is 109 Å². The van der Waals surface area contributed by atoms with Crippen molar-refractivity contribution < 1.29 is 47.2 Å². The maximum Gasteiger partial charge on any atom is 0.407 e. The third-order valence-electron chi connectivity index (χ3n) is 8.10. The lowest BCUT2D eigenvalue weighted by molar-refractivity contribution is -0.262. The van der Waals surface area contributed by atoms with Crippen LogP contribution in [0.2, 0.25) is 0 Å². The summed E-state index contributed by atoms with van der Waals surface area (Å²) >= 11 is 0. The van der Waals surface area contributed by atoms with Gasteiger partial charge in [0.25, 0.3) is 0 Å². The minimum Gasteiger partial charge on any atom is -0.458 e. The fourth-order valence-electron chi connectivity index (χ4n) is 6.29. The van der Waals surface area contributed by atoms with E-state index >= 15 is 0 Å². The first-order chi connectivity index (χ1) is 21.7. The van der Waals surface area contributed by atoms with E-state index in [0.29, 0.717) is 0 Å². The van der Waals surface area contributed by atoms with Gasteiger partial charge in [-0.05, 0) is 63.8 Å². The van der Waals surface area contributed by atoms with Gasteiger partial charge >= 0.3 is 12.1 Å². The normalized spacial score (nSPS) is 26.2. The van der Waals surface area contributed by atoms with Crippen molar-refractivity contribution in [3.63, 3.8) is 0 Å². The molecule has 0 saturated carbocycles. The van der Waals surface area contributed by atoms with Crippen molar-refractivity contribution in [2.24, 2.45) is 0 Å². The number of rotatable bonds is 9. The smallest absolute Gasteiger partial charge is 0.407 e. The molecule has 2 aromatic rings. The van der Waals surface area contributed by atoms with Crippen LogP contribution in [0.5, 0.6) is 0 Å². The molecule has 2 amide bonds. The molecule has 5 rings (SSSR count). The zero-order valence-corrected chi connectivity index (χ0v) is 27.2. The first-order valence-corrected chi connectivity index (χ1v) is 15.5. The Bertz CT molecular complexity index is 1400. The summed E-state index contributed by atoms with van der Waals surface area (Å²) in [4.78, 5) is 38.9. The topological polar surface area (TPSA) is 131 Å². The summed E-state index contributed by atoms with van der Waals surface area (Å²) in [7, 11) is 0. The van der Waals surface area contributed by atoms with Crippen LogP contribution < -0.4 is 10.6 Å². The molecule has 3 aliphatic rings. The van der Waals surface area contributed by atoms with Crippen LogP contribution in [0.15, 0.2) is 48.5 Å². The molecule has 2 aromatic carbocycles. The van der Waals surface area contributed by atoms with Gasteiger partial charge in [-0.1, -0.05) is 48.5 Å². The summed E-state index contributed by atoms with van der Waals surface area (Å²) in [6, 6.07) is 13.6. The Morgan fingerprint density at radius 2 is 1.57 bits per heavy atom. The molecule has 0 bridgehead atoms. The Labute approximate surface area is 268 Å². The van der Waals surface area contributed by atoms with E-state index in [-0.39, 0.29) is 12.5 Å². The molecule has 46 heavy (non-hydrogen) atoms. The van der Waals surface area contributed by atoms with E-state index in [1.165, 1.54) is 6.92 Å². The lowest BCUT2D eigenvalue weighted by Gasteiger charge is -2.42. The van der Waals surface area contributed by atoms with E-state index in [4.69, 9.17) is 28.4 Å². The number of hydrogen-bond acceptors (Lipinski definition) is 9. The number of carbonyl (C=O) groups excluding carboxylic acids is 3. The van der Waals surface area contributed by atoms with Crippen molar-refractivity contribution in [1.29, 1.82) is 0 Å². The van der Waals surface area contributed by atoms with E-state index in [0.717, 1.165) is 22.3 Å². The van der Waals surface area contributed by atoms with Crippen molar-refractivity contribution in [1.82, 2.24) is 10.6 Å². The lowest BCUT2D eigenvalue weighted by Crippen LogP contribution is -2.64. The van der Waals surface area contributed by atoms with Crippen LogP contribution in [0.1, 0.15) is 65.5 Å². The second kappa shape index (κ2) is 13.3. The van der Waals surface area contributed by atoms with Crippen LogP contribution >= 0.6 is 0 Å². The number of halogens is 1. The van der Waals surface area contributed by atoms with Crippen LogP contribution in [0.4, 0.5) is 9.18 Å². The van der Waals surface area contributed by atoms with E-state index in [9.17, 15) is 18.8 Å². The molecule has 2 fully saturated rings. The maximum absolute atomic E-state index is 14.2. The highest BCUT2D eigenvalue weighted by molar-refractivity contribution is 5.83. The van der Waals surface area contributed by atoms with Gasteiger partial charge < -0.3 is 39.1 Å². The molecule has 11 nitrogen and oxygen atoms in total. The van der Waals surface area contributed by atoms with Gasteiger partial charge in [0, 0.05) is 12.8 Å². The third kappa shape index (κ3) is 7.35. The molecule has 0 spiro atoms. The van der Waals surface area contributed by atoms with Gasteiger partial charge in [0.05, 0.1) is 6.10 Å². The molecular formula is C34H43FN2O9. The number of esters is 1. The molecule has 2 heterocycles. The van der Waals surface area contributed by atoms with Gasteiger partial charge in [-0.25, -0.2) is 14.0 Å². The zero-order chi connectivity index (χ0) is 33.4. The van der Waals surface area contributed by atoms with Gasteiger partial charge in [-0.3, -0.25) is 4.79 Å². The molecule has 2 N–H and O–H groups in total. The van der Waals surface area contributed by atoms with Crippen molar-refractivity contribution >= 4 is 18.0 Å². The summed E-state index contributed by atoms with van der Waals surface area (Å²) in [5, 5.41) is 5.37. The van der Waals surface area contributed by atoms with Crippen LogP contribution in [0.25, 0.3) is 11.1 Å². The first-order valence-electron chi connectivity index (χ1n) is 15.5. The van der Waals surface area contributed by atoms with Crippen LogP contribution in [-0.2, 0) is 38.0 Å². The minimum absolute atomic E-state index is 0.0286. The highest BCUT2D eigenvalue weighted by atomic mass is 19.1. The highest BCUT2D eigenvalue weighted by Crippen LogP contribution is 2.44. The molecule has 0 radical (unpaired) electrons. The Balaban J connectivity index is 1.33. The van der Waals surface area contributed by atoms with Gasteiger partial charge in [-0.2, -0.15) is 0 Å². The highest BCUT2D eigenvalue weighted by Gasteiger charge is 2.56. The van der Waals surface area contributed by atoms with Crippen LogP contribution in [-0.4, -0.2) is 85.4 Å². The van der Waals surface area contributed by atoms with Crippen molar-refractivity contribution in [2.75, 3.05) is 13.3 Å². The van der Waals surface area contributed by atoms with Gasteiger partial charge in [0.2, 0.25) is 5.91 Å². The fraction of sp³-hybridized carbons (Fsp3) is 0.559. The van der Waals surface area contributed by atoms with E-state index in [1.54, 1.807) is 41.5 Å². The Hall–Kier alpha value is -3.58. The molecule has 2 aliphatic heterocycles. The second-order valence-electron chi connectivity index (χ2n) is 13.3. The molecule has 0 aromatic heterocycles. The van der Waals surface area contributed by atoms with E-state index < -0.39 is 78.8 Å². The van der Waals surface area contributed by atoms with Crippen LogP contribution in [0.3, 0.4) is 0 Å². The number of carbonyl (C=O) groups is 3. The SMILES string of the molecule is CC(=O)N[C@H]1[C@@H](O[C@H](C)[C@H](NC(=O)OCC2c3ccccc3-c3ccccc32)C(=O)OC(C)(C)C)O[C@H](CF)[C@@H]2OC(C)(C)O[C@H]12. The maximum atomic E-state index is 14.2. The second-order valence-corrected chi connectivity index (χ2v) is 13.3. The molecule has 250 valence electrons. The molecule has 7 atom stereocenters. The van der Waals surface area contributed by atoms with Crippen molar-refractivity contribution in [3.8, 4) is 11.1 Å². The number of amides is 2. The monoisotopic (exact) mass is 642 g/mol. The summed E-state index contributed by atoms with van der Waals surface area (Å²) in [6.45, 7) is 10.4. The summed E-state index contributed by atoms with van der Waals surface area (Å²) in [5.74, 6) is -2.43. The zero-order valence-electron chi connectivity index (χ0n) is 27.2. The number of fused-ring (bicyclic) bond motifs is 4. The lowest BCUT2D eigenvalue weighted by atomic mass is 9.97. The standard InChI is InChI=1S/C34H43FN2O9/c1-18(42-31-27(36-19(2)38)29-28(25(16-35)43-31)44-34(6,7)45-29)26(30(39)46-33(3,4)5)37-32(40)41-17-24-22-14-10-8-12-20(22)21-13-9-11-15-23(21)24/h8-15,18,24-29,31H,16-17H2,1-7H3,(H,36,38)(H,37,40)/t18-,25-,26+,27-,28+,29-,31+/m1/s1. The fourth-order valence-corrected chi connectivity index (χ4v) is 6.29. The summed E-state index contributed by atoms with van der Waals surface area (Å²) < 4.78 is 49.5. The Kier molecular flexibility index (Phi) is 9.74. The predicted molar refractivity (Wildman–Crippen MR) is 164 cm³/mol. The average molecular weight is 643 g/mol. The van der Waals surface area contributed by atoms with Gasteiger partial charge in [0.15, 0.2) is 18.1 Å². The number of alkyl carbamates (subject to hydrolysis) is 1. The number of alkyl halides is 1. The Morgan fingerprint density at radius 1 is 0.978 bits per heavy atom. The minimum atomic E-state index is -1.35. The van der Waals surface area contributed by atoms with Crippen LogP contribution in [0, 0.1) is 0 Å². The number of hydrogen-bond donors (Lipinski definition) is 2.